The Balaban J connectivity index is 1.63. The maximum Gasteiger partial charge on any atom is 0.181 e. The van der Waals surface area contributed by atoms with E-state index >= 15 is 0 Å². The molecule has 3 aliphatic heterocycles. The molecule has 0 N–H and O–H groups in total. The lowest BCUT2D eigenvalue weighted by atomic mass is 9.79. The van der Waals surface area contributed by atoms with Gasteiger partial charge in [-0.1, -0.05) is 18.2 Å². The number of rotatable bonds is 3. The number of fused-ring (bicyclic) bond motifs is 2. The van der Waals surface area contributed by atoms with Gasteiger partial charge in [0, 0.05) is 12.8 Å². The van der Waals surface area contributed by atoms with Crippen LogP contribution >= 0.6 is 0 Å². The van der Waals surface area contributed by atoms with Gasteiger partial charge >= 0.3 is 0 Å². The Morgan fingerprint density at radius 1 is 1.13 bits per heavy atom. The van der Waals surface area contributed by atoms with Gasteiger partial charge in [0.05, 0.1) is 35.6 Å². The van der Waals surface area contributed by atoms with Crippen LogP contribution in [0, 0.1) is 0 Å². The largest absolute Gasteiger partial charge is 0.370 e. The minimum Gasteiger partial charge on any atom is -0.370 e. The predicted octanol–water partition coefficient (Wildman–Crippen LogP) is 2.31. The van der Waals surface area contributed by atoms with Gasteiger partial charge in [-0.05, 0) is 31.4 Å². The molecule has 3 fully saturated rings. The summed E-state index contributed by atoms with van der Waals surface area (Å²) in [4.78, 5) is 0.355. The Morgan fingerprint density at radius 2 is 1.87 bits per heavy atom. The summed E-state index contributed by atoms with van der Waals surface area (Å²) >= 11 is 0. The van der Waals surface area contributed by atoms with Crippen LogP contribution in [0.25, 0.3) is 0 Å². The summed E-state index contributed by atoms with van der Waals surface area (Å²) in [6.45, 7) is 1.16. The molecule has 1 aromatic carbocycles. The van der Waals surface area contributed by atoms with Gasteiger partial charge < -0.3 is 14.2 Å². The van der Waals surface area contributed by atoms with Gasteiger partial charge in [-0.2, -0.15) is 0 Å². The van der Waals surface area contributed by atoms with Crippen LogP contribution in [0.15, 0.2) is 35.2 Å². The SMILES string of the molecule is O=S(=O)(C[C@]12CCC[C@H](CC3(C1)OCCO3)O2)c1ccccc1. The molecule has 0 saturated carbocycles. The minimum atomic E-state index is -3.40. The Morgan fingerprint density at radius 3 is 2.61 bits per heavy atom. The van der Waals surface area contributed by atoms with Crippen molar-refractivity contribution in [2.24, 2.45) is 0 Å². The first-order valence-corrected chi connectivity index (χ1v) is 9.90. The number of hydrogen-bond donors (Lipinski definition) is 0. The van der Waals surface area contributed by atoms with Crippen molar-refractivity contribution < 1.29 is 22.6 Å². The molecule has 4 rings (SSSR count). The third kappa shape index (κ3) is 2.93. The van der Waals surface area contributed by atoms with E-state index in [9.17, 15) is 8.42 Å². The van der Waals surface area contributed by atoms with Gasteiger partial charge in [-0.25, -0.2) is 8.42 Å². The molecule has 0 unspecified atom stereocenters. The van der Waals surface area contributed by atoms with Crippen LogP contribution in [-0.4, -0.2) is 44.9 Å². The molecule has 126 valence electrons. The number of sulfone groups is 1. The lowest BCUT2D eigenvalue weighted by molar-refractivity contribution is -0.278. The molecule has 2 atom stereocenters. The molecule has 0 aliphatic carbocycles. The first-order valence-electron chi connectivity index (χ1n) is 8.25. The molecular formula is C17H22O5S. The fraction of sp³-hybridized carbons (Fsp3) is 0.647. The Labute approximate surface area is 136 Å². The summed E-state index contributed by atoms with van der Waals surface area (Å²) in [6.07, 6.45) is 3.92. The van der Waals surface area contributed by atoms with Crippen molar-refractivity contribution in [2.75, 3.05) is 19.0 Å². The zero-order chi connectivity index (χ0) is 16.0. The predicted molar refractivity (Wildman–Crippen MR) is 83.8 cm³/mol. The van der Waals surface area contributed by atoms with Crippen molar-refractivity contribution in [2.45, 2.75) is 54.5 Å². The van der Waals surface area contributed by atoms with Crippen LogP contribution in [-0.2, 0) is 24.0 Å². The molecule has 3 heterocycles. The van der Waals surface area contributed by atoms with Gasteiger partial charge in [0.25, 0.3) is 0 Å². The van der Waals surface area contributed by atoms with Gasteiger partial charge in [-0.15, -0.1) is 0 Å². The standard InChI is InChI=1S/C17H22O5S/c18-23(19,15-6-2-1-3-7-15)13-16-8-4-5-14(22-16)11-17(12-16)20-9-10-21-17/h1-3,6-7,14H,4-5,8-13H2/t14-,16+/m1/s1. The molecule has 3 aliphatic rings. The monoisotopic (exact) mass is 338 g/mol. The van der Waals surface area contributed by atoms with E-state index < -0.39 is 21.2 Å². The molecule has 5 nitrogen and oxygen atoms in total. The Hall–Kier alpha value is -0.950. The lowest BCUT2D eigenvalue weighted by Crippen LogP contribution is -2.58. The molecule has 0 radical (unpaired) electrons. The molecule has 3 saturated heterocycles. The smallest absolute Gasteiger partial charge is 0.181 e. The van der Waals surface area contributed by atoms with E-state index in [-0.39, 0.29) is 11.9 Å². The van der Waals surface area contributed by atoms with Crippen molar-refractivity contribution in [3.05, 3.63) is 30.3 Å². The van der Waals surface area contributed by atoms with Gasteiger partial charge in [0.15, 0.2) is 15.6 Å². The van der Waals surface area contributed by atoms with Gasteiger partial charge in [0.2, 0.25) is 0 Å². The van der Waals surface area contributed by atoms with E-state index in [1.165, 1.54) is 0 Å². The zero-order valence-electron chi connectivity index (χ0n) is 13.1. The fourth-order valence-corrected chi connectivity index (χ4v) is 5.98. The zero-order valence-corrected chi connectivity index (χ0v) is 13.9. The molecular weight excluding hydrogens is 316 g/mol. The average molecular weight is 338 g/mol. The quantitative estimate of drug-likeness (QED) is 0.846. The second kappa shape index (κ2) is 5.55. The van der Waals surface area contributed by atoms with Crippen molar-refractivity contribution in [1.82, 2.24) is 0 Å². The second-order valence-corrected chi connectivity index (χ2v) is 8.87. The van der Waals surface area contributed by atoms with Gasteiger partial charge in [0.1, 0.15) is 0 Å². The highest BCUT2D eigenvalue weighted by Gasteiger charge is 2.55. The van der Waals surface area contributed by atoms with Crippen LogP contribution in [0.1, 0.15) is 32.1 Å². The van der Waals surface area contributed by atoms with Crippen molar-refractivity contribution in [3.8, 4) is 0 Å². The van der Waals surface area contributed by atoms with Crippen LogP contribution in [0.3, 0.4) is 0 Å². The van der Waals surface area contributed by atoms with E-state index in [1.807, 2.05) is 6.07 Å². The molecule has 1 spiro atoms. The third-order valence-electron chi connectivity index (χ3n) is 5.07. The van der Waals surface area contributed by atoms with E-state index in [0.29, 0.717) is 31.0 Å². The summed E-state index contributed by atoms with van der Waals surface area (Å²) in [5.41, 5.74) is -0.694. The van der Waals surface area contributed by atoms with Crippen LogP contribution in [0.2, 0.25) is 0 Å². The van der Waals surface area contributed by atoms with Crippen LogP contribution in [0.5, 0.6) is 0 Å². The minimum absolute atomic E-state index is 0.00498. The maximum absolute atomic E-state index is 12.8. The highest BCUT2D eigenvalue weighted by Crippen LogP contribution is 2.48. The van der Waals surface area contributed by atoms with E-state index in [1.54, 1.807) is 24.3 Å². The molecule has 0 amide bonds. The average Bonchev–Trinajstić information content (AvgIpc) is 2.94. The second-order valence-electron chi connectivity index (χ2n) is 6.88. The molecule has 6 heteroatoms. The van der Waals surface area contributed by atoms with Crippen molar-refractivity contribution in [1.29, 1.82) is 0 Å². The van der Waals surface area contributed by atoms with Crippen LogP contribution < -0.4 is 0 Å². The number of benzene rings is 1. The Bertz CT molecular complexity index is 665. The summed E-state index contributed by atoms with van der Waals surface area (Å²) < 4.78 is 43.6. The molecule has 23 heavy (non-hydrogen) atoms. The summed E-state index contributed by atoms with van der Waals surface area (Å²) in [7, 11) is -3.40. The Kier molecular flexibility index (Phi) is 3.76. The first-order chi connectivity index (χ1) is 11.0. The fourth-order valence-electron chi connectivity index (χ4n) is 4.24. The highest BCUT2D eigenvalue weighted by molar-refractivity contribution is 7.91. The van der Waals surface area contributed by atoms with Crippen molar-refractivity contribution >= 4 is 9.84 Å². The first kappa shape index (κ1) is 15.6. The molecule has 2 bridgehead atoms. The van der Waals surface area contributed by atoms with E-state index in [4.69, 9.17) is 14.2 Å². The summed E-state index contributed by atoms with van der Waals surface area (Å²) in [6, 6.07) is 8.61. The molecule has 0 aromatic heterocycles. The maximum atomic E-state index is 12.8. The number of hydrogen-bond acceptors (Lipinski definition) is 5. The number of ether oxygens (including phenoxy) is 3. The third-order valence-corrected chi connectivity index (χ3v) is 6.97. The summed E-state index contributed by atoms with van der Waals surface area (Å²) in [5, 5.41) is 0. The molecule has 1 aromatic rings. The van der Waals surface area contributed by atoms with E-state index in [2.05, 4.69) is 0 Å². The normalized spacial score (nSPS) is 33.0. The van der Waals surface area contributed by atoms with Gasteiger partial charge in [-0.3, -0.25) is 0 Å². The highest BCUT2D eigenvalue weighted by atomic mass is 32.2. The van der Waals surface area contributed by atoms with Crippen LogP contribution in [0.4, 0.5) is 0 Å². The van der Waals surface area contributed by atoms with E-state index in [0.717, 1.165) is 19.3 Å². The summed E-state index contributed by atoms with van der Waals surface area (Å²) in [5.74, 6) is -0.648. The topological polar surface area (TPSA) is 61.8 Å². The van der Waals surface area contributed by atoms with Crippen molar-refractivity contribution in [3.63, 3.8) is 0 Å². The lowest BCUT2D eigenvalue weighted by Gasteiger charge is -2.51.